The van der Waals surface area contributed by atoms with Crippen LogP contribution in [0.1, 0.15) is 36.8 Å². The summed E-state index contributed by atoms with van der Waals surface area (Å²) in [5.74, 6) is -0.133. The van der Waals surface area contributed by atoms with Gasteiger partial charge >= 0.3 is 0 Å². The predicted octanol–water partition coefficient (Wildman–Crippen LogP) is 4.13. The van der Waals surface area contributed by atoms with Crippen LogP contribution in [0.25, 0.3) is 11.3 Å². The average molecular weight is 480 g/mol. The van der Waals surface area contributed by atoms with E-state index in [1.807, 2.05) is 0 Å². The van der Waals surface area contributed by atoms with E-state index in [2.05, 4.69) is 9.88 Å². The summed E-state index contributed by atoms with van der Waals surface area (Å²) in [5.41, 5.74) is 2.36. The second-order valence-electron chi connectivity index (χ2n) is 8.92. The minimum atomic E-state index is -3.89. The van der Waals surface area contributed by atoms with Crippen LogP contribution in [0.2, 0.25) is 0 Å². The van der Waals surface area contributed by atoms with Crippen LogP contribution < -0.4 is 4.72 Å². The van der Waals surface area contributed by atoms with Crippen molar-refractivity contribution in [3.05, 3.63) is 65.9 Å². The van der Waals surface area contributed by atoms with Gasteiger partial charge in [0.2, 0.25) is 11.8 Å². The maximum absolute atomic E-state index is 13.2. The Kier molecular flexibility index (Phi) is 5.73. The lowest BCUT2D eigenvalue weighted by atomic mass is 9.81. The highest BCUT2D eigenvalue weighted by Gasteiger charge is 2.47. The highest BCUT2D eigenvalue weighted by Crippen LogP contribution is 2.38. The zero-order valence-corrected chi connectivity index (χ0v) is 19.5. The Balaban J connectivity index is 1.35. The molecule has 0 spiro atoms. The maximum Gasteiger partial charge on any atom is 0.262 e. The fraction of sp³-hybridized carbons (Fsp3) is 0.320. The van der Waals surface area contributed by atoms with Crippen LogP contribution in [-0.4, -0.2) is 30.3 Å². The summed E-state index contributed by atoms with van der Waals surface area (Å²) in [6.45, 7) is 1.80. The Morgan fingerprint density at radius 1 is 1.00 bits per heavy atom. The van der Waals surface area contributed by atoms with E-state index in [4.69, 9.17) is 4.52 Å². The molecule has 2 aromatic carbocycles. The second-order valence-corrected chi connectivity index (χ2v) is 10.6. The molecule has 1 saturated heterocycles. The molecule has 1 saturated carbocycles. The van der Waals surface area contributed by atoms with Gasteiger partial charge in [-0.2, -0.15) is 0 Å². The van der Waals surface area contributed by atoms with Gasteiger partial charge in [-0.05, 0) is 61.2 Å². The van der Waals surface area contributed by atoms with Crippen LogP contribution in [0.15, 0.2) is 64.1 Å². The first kappa shape index (κ1) is 22.3. The third-order valence-electron chi connectivity index (χ3n) is 6.67. The number of sulfonamides is 1. The molecule has 0 radical (unpaired) electrons. The first-order chi connectivity index (χ1) is 16.3. The van der Waals surface area contributed by atoms with Crippen molar-refractivity contribution in [1.82, 2.24) is 10.1 Å². The molecule has 5 rings (SSSR count). The molecule has 2 amide bonds. The van der Waals surface area contributed by atoms with Crippen molar-refractivity contribution in [2.45, 2.75) is 44.0 Å². The number of carbonyl (C=O) groups excluding carboxylic acids is 2. The van der Waals surface area contributed by atoms with Crippen LogP contribution >= 0.6 is 0 Å². The van der Waals surface area contributed by atoms with Crippen molar-refractivity contribution in [3.8, 4) is 11.3 Å². The van der Waals surface area contributed by atoms with Gasteiger partial charge in [0.05, 0.1) is 29.5 Å². The topological polar surface area (TPSA) is 110 Å². The largest absolute Gasteiger partial charge is 0.356 e. The monoisotopic (exact) mass is 479 g/mol. The summed E-state index contributed by atoms with van der Waals surface area (Å²) in [6, 6.07) is 13.5. The highest BCUT2D eigenvalue weighted by atomic mass is 32.2. The number of carbonyl (C=O) groups is 2. The Morgan fingerprint density at radius 3 is 2.29 bits per heavy atom. The molecule has 176 valence electrons. The fourth-order valence-corrected chi connectivity index (χ4v) is 6.23. The van der Waals surface area contributed by atoms with E-state index in [0.717, 1.165) is 31.2 Å². The summed E-state index contributed by atoms with van der Waals surface area (Å²) in [6.07, 6.45) is 4.97. The van der Waals surface area contributed by atoms with Crippen molar-refractivity contribution in [2.24, 2.45) is 11.8 Å². The molecule has 2 aliphatic rings. The van der Waals surface area contributed by atoms with Gasteiger partial charge in [-0.1, -0.05) is 30.1 Å². The number of fused-ring (bicyclic) bond motifs is 1. The standard InChI is InChI=1S/C25H25N3O5S/c1-16-6-7-17(15-28-24(29)20-4-2-3-5-21(20)25(28)30)14-23(16)34(31,32)27-19-10-8-18(9-11-19)22-12-13-26-33-22/h6-14,20-21,27H,2-5,15H2,1H3/t20-,21+. The van der Waals surface area contributed by atoms with Crippen LogP contribution in [-0.2, 0) is 26.2 Å². The van der Waals surface area contributed by atoms with Crippen LogP contribution in [0.5, 0.6) is 0 Å². The lowest BCUT2D eigenvalue weighted by Gasteiger charge is -2.19. The number of hydrogen-bond donors (Lipinski definition) is 1. The number of nitrogens with zero attached hydrogens (tertiary/aromatic N) is 2. The number of aromatic nitrogens is 1. The molecule has 2 atom stereocenters. The van der Waals surface area contributed by atoms with Crippen molar-refractivity contribution < 1.29 is 22.5 Å². The summed E-state index contributed by atoms with van der Waals surface area (Å²) in [4.78, 5) is 27.1. The van der Waals surface area contributed by atoms with Crippen molar-refractivity contribution >= 4 is 27.5 Å². The Labute approximate surface area is 198 Å². The van der Waals surface area contributed by atoms with Gasteiger partial charge in [-0.25, -0.2) is 8.42 Å². The normalized spacial score (nSPS) is 20.4. The van der Waals surface area contributed by atoms with Gasteiger partial charge in [0.25, 0.3) is 10.0 Å². The fourth-order valence-electron chi connectivity index (χ4n) is 4.88. The van der Waals surface area contributed by atoms with Crippen molar-refractivity contribution in [3.63, 3.8) is 0 Å². The molecule has 1 aromatic heterocycles. The van der Waals surface area contributed by atoms with Crippen molar-refractivity contribution in [1.29, 1.82) is 0 Å². The van der Waals surface area contributed by atoms with E-state index in [1.165, 1.54) is 4.90 Å². The average Bonchev–Trinajstić information content (AvgIpc) is 3.45. The molecule has 1 N–H and O–H groups in total. The molecular weight excluding hydrogens is 454 g/mol. The molecule has 1 aliphatic heterocycles. The number of nitrogens with one attached hydrogen (secondary N) is 1. The molecule has 0 unspecified atom stereocenters. The Morgan fingerprint density at radius 2 is 1.68 bits per heavy atom. The smallest absolute Gasteiger partial charge is 0.262 e. The number of anilines is 1. The summed E-state index contributed by atoms with van der Waals surface area (Å²) < 4.78 is 34.1. The highest BCUT2D eigenvalue weighted by molar-refractivity contribution is 7.92. The van der Waals surface area contributed by atoms with E-state index in [0.29, 0.717) is 22.6 Å². The van der Waals surface area contributed by atoms with E-state index in [1.54, 1.807) is 61.7 Å². The summed E-state index contributed by atoms with van der Waals surface area (Å²) in [7, 11) is -3.89. The molecule has 2 fully saturated rings. The Bertz CT molecular complexity index is 1310. The number of benzene rings is 2. The van der Waals surface area contributed by atoms with E-state index in [9.17, 15) is 18.0 Å². The minimum Gasteiger partial charge on any atom is -0.356 e. The van der Waals surface area contributed by atoms with E-state index in [-0.39, 0.29) is 35.1 Å². The number of imide groups is 1. The van der Waals surface area contributed by atoms with Gasteiger partial charge in [-0.15, -0.1) is 0 Å². The predicted molar refractivity (Wildman–Crippen MR) is 125 cm³/mol. The molecule has 0 bridgehead atoms. The van der Waals surface area contributed by atoms with E-state index >= 15 is 0 Å². The maximum atomic E-state index is 13.2. The lowest BCUT2D eigenvalue weighted by Crippen LogP contribution is -2.30. The third-order valence-corrected chi connectivity index (χ3v) is 8.20. The molecule has 1 aliphatic carbocycles. The first-order valence-corrected chi connectivity index (χ1v) is 12.8. The second kappa shape index (κ2) is 8.72. The summed E-state index contributed by atoms with van der Waals surface area (Å²) >= 11 is 0. The van der Waals surface area contributed by atoms with Crippen LogP contribution in [0, 0.1) is 18.8 Å². The summed E-state index contributed by atoms with van der Waals surface area (Å²) in [5, 5.41) is 3.67. The van der Waals surface area contributed by atoms with Gasteiger partial charge in [0.15, 0.2) is 5.76 Å². The first-order valence-electron chi connectivity index (χ1n) is 11.3. The van der Waals surface area contributed by atoms with E-state index < -0.39 is 10.0 Å². The van der Waals surface area contributed by atoms with Gasteiger partial charge < -0.3 is 4.52 Å². The number of likely N-dealkylation sites (tertiary alicyclic amines) is 1. The zero-order chi connectivity index (χ0) is 23.9. The van der Waals surface area contributed by atoms with Crippen LogP contribution in [0.4, 0.5) is 5.69 Å². The Hall–Kier alpha value is -3.46. The molecule has 8 nitrogen and oxygen atoms in total. The third kappa shape index (κ3) is 4.11. The minimum absolute atomic E-state index is 0.0827. The van der Waals surface area contributed by atoms with Crippen LogP contribution in [0.3, 0.4) is 0 Å². The quantitative estimate of drug-likeness (QED) is 0.533. The number of hydrogen-bond acceptors (Lipinski definition) is 6. The SMILES string of the molecule is Cc1ccc(CN2C(=O)[C@H]3CCCC[C@H]3C2=O)cc1S(=O)(=O)Nc1ccc(-c2ccno2)cc1. The number of rotatable bonds is 6. The molecule has 2 heterocycles. The molecule has 9 heteroatoms. The zero-order valence-electron chi connectivity index (χ0n) is 18.7. The lowest BCUT2D eigenvalue weighted by molar-refractivity contribution is -0.140. The molecule has 3 aromatic rings. The number of aryl methyl sites for hydroxylation is 1. The van der Waals surface area contributed by atoms with Gasteiger partial charge in [-0.3, -0.25) is 19.2 Å². The van der Waals surface area contributed by atoms with Gasteiger partial charge in [0.1, 0.15) is 0 Å². The van der Waals surface area contributed by atoms with Gasteiger partial charge in [0, 0.05) is 17.3 Å². The molecule has 34 heavy (non-hydrogen) atoms. The molecular formula is C25H25N3O5S. The van der Waals surface area contributed by atoms with Crippen molar-refractivity contribution in [2.75, 3.05) is 4.72 Å². The number of amides is 2.